The van der Waals surface area contributed by atoms with Crippen LogP contribution in [0.3, 0.4) is 0 Å². The molecule has 0 unspecified atom stereocenters. The van der Waals surface area contributed by atoms with Crippen LogP contribution < -0.4 is 38.5 Å². The number of amides is 3. The number of rotatable bonds is 28. The molecule has 1 N–H and O–H groups in total. The SMILES string of the molecule is CCCN(C)C(=O)Cc1c(C)nc(C2CC2)nc1N1CCC(c2ccccc2OC)CC1.COC(=O)Cc1c(C)nc(C2CC2)nc1N1CCC(c2ccccc2OC)CC1.COc1ccccc1C1CCN(c2nc(C3CC3)nc(C)c2CC(=O)N(C)C)CC1.COc1ccccc1C1CCN(c2nc(C3CC3)nc(C)c2CC(=O)N(C)CCO)CC1. The first-order chi connectivity index (χ1) is 59.6. The molecular formula is C98H131N15O10. The van der Waals surface area contributed by atoms with E-state index in [1.807, 2.05) is 88.2 Å². The first-order valence-corrected chi connectivity index (χ1v) is 45.0. The van der Waals surface area contributed by atoms with Crippen molar-refractivity contribution in [2.24, 2.45) is 0 Å². The van der Waals surface area contributed by atoms with Crippen molar-refractivity contribution < 1.29 is 48.0 Å². The average Bonchev–Trinajstić information content (AvgIpc) is 1.65. The number of methoxy groups -OCH3 is 5. The van der Waals surface area contributed by atoms with E-state index in [1.165, 1.54) is 55.0 Å². The third-order valence-corrected chi connectivity index (χ3v) is 26.0. The van der Waals surface area contributed by atoms with Crippen LogP contribution in [0.15, 0.2) is 97.1 Å². The lowest BCUT2D eigenvalue weighted by atomic mass is 9.88. The van der Waals surface area contributed by atoms with Gasteiger partial charge in [-0.3, -0.25) is 19.2 Å². The Hall–Kier alpha value is -10.6. The molecule has 0 bridgehead atoms. The molecule has 4 saturated heterocycles. The second-order valence-electron chi connectivity index (χ2n) is 34.9. The van der Waals surface area contributed by atoms with Crippen molar-refractivity contribution in [2.45, 2.75) is 217 Å². The van der Waals surface area contributed by atoms with Gasteiger partial charge in [-0.15, -0.1) is 0 Å². The molecule has 25 heteroatoms. The van der Waals surface area contributed by atoms with Crippen LogP contribution in [-0.2, 0) is 49.6 Å². The number of para-hydroxylation sites is 4. The first-order valence-electron chi connectivity index (χ1n) is 45.0. The lowest BCUT2D eigenvalue weighted by molar-refractivity contribution is -0.140. The maximum atomic E-state index is 12.9. The van der Waals surface area contributed by atoms with Gasteiger partial charge in [0.1, 0.15) is 69.6 Å². The lowest BCUT2D eigenvalue weighted by Gasteiger charge is -2.35. The predicted molar refractivity (Wildman–Crippen MR) is 482 cm³/mol. The second-order valence-corrected chi connectivity index (χ2v) is 34.9. The zero-order chi connectivity index (χ0) is 87.0. The summed E-state index contributed by atoms with van der Waals surface area (Å²) < 4.78 is 27.3. The fourth-order valence-corrected chi connectivity index (χ4v) is 17.8. The summed E-state index contributed by atoms with van der Waals surface area (Å²) in [4.78, 5) is 103. The molecular weight excluding hydrogens is 1550 g/mol. The van der Waals surface area contributed by atoms with Crippen LogP contribution >= 0.6 is 0 Å². The summed E-state index contributed by atoms with van der Waals surface area (Å²) in [7, 11) is 15.6. The number of benzene rings is 4. The first kappa shape index (κ1) is 90.2. The number of aliphatic hydroxyl groups is 1. The van der Waals surface area contributed by atoms with Crippen LogP contribution in [-0.4, -0.2) is 219 Å². The fourth-order valence-electron chi connectivity index (χ4n) is 17.8. The minimum atomic E-state index is -0.249. The van der Waals surface area contributed by atoms with Crippen LogP contribution in [0, 0.1) is 27.7 Å². The van der Waals surface area contributed by atoms with Crippen molar-refractivity contribution >= 4 is 47.0 Å². The molecule has 0 spiro atoms. The molecule has 658 valence electrons. The number of piperidine rings is 4. The van der Waals surface area contributed by atoms with Gasteiger partial charge in [0.25, 0.3) is 0 Å². The Morgan fingerprint density at radius 3 is 0.813 bits per heavy atom. The normalized spacial score (nSPS) is 17.0. The number of ether oxygens (including phenoxy) is 5. The van der Waals surface area contributed by atoms with Crippen LogP contribution in [0.5, 0.6) is 23.0 Å². The summed E-state index contributed by atoms with van der Waals surface area (Å²) >= 11 is 0. The van der Waals surface area contributed by atoms with Crippen LogP contribution in [0.2, 0.25) is 0 Å². The summed E-state index contributed by atoms with van der Waals surface area (Å²) in [6, 6.07) is 33.3. The van der Waals surface area contributed by atoms with Crippen LogP contribution in [0.1, 0.15) is 254 Å². The fraction of sp³-hybridized carbons (Fsp3) is 0.551. The van der Waals surface area contributed by atoms with Crippen LogP contribution in [0.4, 0.5) is 23.3 Å². The molecule has 16 rings (SSSR count). The van der Waals surface area contributed by atoms with Crippen molar-refractivity contribution in [3.8, 4) is 23.0 Å². The van der Waals surface area contributed by atoms with E-state index in [9.17, 15) is 24.3 Å². The number of anilines is 4. The number of aliphatic hydroxyl groups excluding tert-OH is 1. The van der Waals surface area contributed by atoms with Gasteiger partial charge < -0.3 is 63.1 Å². The molecule has 0 radical (unpaired) electrons. The van der Waals surface area contributed by atoms with Crippen molar-refractivity contribution in [3.63, 3.8) is 0 Å². The van der Waals surface area contributed by atoms with Crippen molar-refractivity contribution in [2.75, 3.05) is 155 Å². The molecule has 4 aliphatic carbocycles. The molecule has 8 fully saturated rings. The smallest absolute Gasteiger partial charge is 0.310 e. The van der Waals surface area contributed by atoms with E-state index in [4.69, 9.17) is 63.6 Å². The van der Waals surface area contributed by atoms with Crippen molar-refractivity contribution in [3.05, 3.63) is 188 Å². The number of carbonyl (C=O) groups is 4. The Kier molecular flexibility index (Phi) is 30.9. The molecule has 4 saturated carbocycles. The van der Waals surface area contributed by atoms with E-state index in [-0.39, 0.29) is 43.1 Å². The highest BCUT2D eigenvalue weighted by Gasteiger charge is 2.38. The van der Waals surface area contributed by atoms with Crippen molar-refractivity contribution in [1.82, 2.24) is 54.6 Å². The number of likely N-dealkylation sites (N-methyl/N-ethyl adjacent to an activating group) is 3. The topological polar surface area (TPSA) is 260 Å². The molecule has 25 nitrogen and oxygen atoms in total. The second kappa shape index (κ2) is 42.2. The maximum absolute atomic E-state index is 12.9. The van der Waals surface area contributed by atoms with Gasteiger partial charge in [-0.25, -0.2) is 39.9 Å². The van der Waals surface area contributed by atoms with Gasteiger partial charge in [0.2, 0.25) is 17.7 Å². The quantitative estimate of drug-likeness (QED) is 0.0447. The highest BCUT2D eigenvalue weighted by Crippen LogP contribution is 2.47. The molecule has 123 heavy (non-hydrogen) atoms. The van der Waals surface area contributed by atoms with Crippen LogP contribution in [0.25, 0.3) is 0 Å². The number of hydrogen-bond donors (Lipinski definition) is 1. The summed E-state index contributed by atoms with van der Waals surface area (Å²) in [5, 5.41) is 9.19. The molecule has 3 amide bonds. The largest absolute Gasteiger partial charge is 0.496 e. The van der Waals surface area contributed by atoms with E-state index < -0.39 is 0 Å². The Labute approximate surface area is 728 Å². The highest BCUT2D eigenvalue weighted by atomic mass is 16.5. The maximum Gasteiger partial charge on any atom is 0.310 e. The Bertz CT molecular complexity index is 4760. The molecule has 4 aromatic heterocycles. The number of aromatic nitrogens is 8. The number of aryl methyl sites for hydroxylation is 4. The summed E-state index contributed by atoms with van der Waals surface area (Å²) in [6.07, 6.45) is 19.7. The summed E-state index contributed by atoms with van der Waals surface area (Å²) in [6.45, 7) is 18.5. The van der Waals surface area contributed by atoms with Gasteiger partial charge in [-0.2, -0.15) is 0 Å². The van der Waals surface area contributed by atoms with E-state index in [0.717, 1.165) is 257 Å². The molecule has 8 heterocycles. The third-order valence-electron chi connectivity index (χ3n) is 26.0. The van der Waals surface area contributed by atoms with Gasteiger partial charge in [-0.1, -0.05) is 79.7 Å². The van der Waals surface area contributed by atoms with Gasteiger partial charge in [0.05, 0.1) is 67.8 Å². The molecule has 4 aliphatic heterocycles. The molecule has 8 aliphatic rings. The van der Waals surface area contributed by atoms with Gasteiger partial charge in [0, 0.05) is 162 Å². The number of carbonyl (C=O) groups excluding carboxylic acids is 4. The van der Waals surface area contributed by atoms with E-state index in [2.05, 4.69) is 75.1 Å². The monoisotopic (exact) mass is 1680 g/mol. The molecule has 4 aromatic carbocycles. The zero-order valence-electron chi connectivity index (χ0n) is 75.3. The Morgan fingerprint density at radius 2 is 0.585 bits per heavy atom. The van der Waals surface area contributed by atoms with Crippen molar-refractivity contribution in [1.29, 1.82) is 0 Å². The Balaban J connectivity index is 0.000000141. The molecule has 0 atom stereocenters. The minimum absolute atomic E-state index is 0.0184. The third kappa shape index (κ3) is 22.9. The summed E-state index contributed by atoms with van der Waals surface area (Å²) in [5.41, 5.74) is 12.6. The number of nitrogens with zero attached hydrogens (tertiary/aromatic N) is 15. The van der Waals surface area contributed by atoms with E-state index >= 15 is 0 Å². The zero-order valence-corrected chi connectivity index (χ0v) is 75.3. The standard InChI is InChI=1S/C26H36N4O2.C25H34N4O3.C24H32N4O2.C23H29N3O3/c1-5-14-29(3)24(31)17-22-18(2)27-25(20-10-11-20)28-26(22)30-15-12-19(13-16-30)21-8-6-7-9-23(21)32-4;1-17-21(16-23(31)28(2)14-15-30)25(27-24(26-17)19-8-9-19)29-12-10-18(11-13-29)20-6-4-5-7-22(20)32-3;1-16-20(15-22(29)27(2)3)24(26-23(25-16)18-9-10-18)28-13-11-17(12-14-28)19-7-5-6-8-21(19)30-4;1-15-19(14-21(27)29-3)23(25-22(24-15)17-8-9-17)26-12-10-16(11-13-26)18-6-4-5-7-20(18)28-2/h6-9,19-20H,5,10-17H2,1-4H3;4-7,18-19,30H,8-16H2,1-3H3;5-8,17-18H,9-15H2,1-4H3;4-7,16-17H,8-14H2,1-3H3. The van der Waals surface area contributed by atoms with Gasteiger partial charge >= 0.3 is 5.97 Å². The van der Waals surface area contributed by atoms with Gasteiger partial charge in [0.15, 0.2) is 0 Å². The predicted octanol–water partition coefficient (Wildman–Crippen LogP) is 15.0. The van der Waals surface area contributed by atoms with E-state index in [1.54, 1.807) is 59.4 Å². The number of esters is 1. The molecule has 8 aromatic rings. The minimum Gasteiger partial charge on any atom is -0.496 e. The van der Waals surface area contributed by atoms with Gasteiger partial charge in [-0.05, 0) is 207 Å². The Morgan fingerprint density at radius 1 is 0.341 bits per heavy atom. The average molecular weight is 1680 g/mol. The summed E-state index contributed by atoms with van der Waals surface area (Å²) in [5.74, 6) is 15.2. The van der Waals surface area contributed by atoms with E-state index in [0.29, 0.717) is 66.7 Å². The lowest BCUT2D eigenvalue weighted by Crippen LogP contribution is -2.36. The highest BCUT2D eigenvalue weighted by molar-refractivity contribution is 5.82. The number of hydrogen-bond acceptors (Lipinski definition) is 22.